The van der Waals surface area contributed by atoms with Gasteiger partial charge in [-0.25, -0.2) is 8.78 Å². The topological polar surface area (TPSA) is 58.6 Å². The Morgan fingerprint density at radius 1 is 1.27 bits per heavy atom. The molecule has 5 nitrogen and oxygen atoms in total. The predicted octanol–water partition coefficient (Wildman–Crippen LogP) is 1.47. The zero-order chi connectivity index (χ0) is 16.1. The van der Waals surface area contributed by atoms with Crippen LogP contribution in [0.3, 0.4) is 0 Å². The molecular formula is C15H18F2N2O3. The van der Waals surface area contributed by atoms with Gasteiger partial charge in [0.1, 0.15) is 5.75 Å². The Hall–Kier alpha value is -2.18. The SMILES string of the molecule is CC(=O)N1CCC(NC(=O)COc2ccc(F)c(F)c2)CC1. The highest BCUT2D eigenvalue weighted by Gasteiger charge is 2.22. The molecule has 1 aromatic rings. The minimum absolute atomic E-state index is 0.00310. The van der Waals surface area contributed by atoms with Crippen molar-refractivity contribution in [2.24, 2.45) is 0 Å². The molecule has 2 amide bonds. The van der Waals surface area contributed by atoms with Crippen molar-refractivity contribution in [3.05, 3.63) is 29.8 Å². The number of nitrogens with zero attached hydrogens (tertiary/aromatic N) is 1. The molecule has 0 spiro atoms. The Kier molecular flexibility index (Phi) is 5.30. The molecule has 1 aliphatic heterocycles. The van der Waals surface area contributed by atoms with Gasteiger partial charge in [0.15, 0.2) is 18.2 Å². The highest BCUT2D eigenvalue weighted by atomic mass is 19.2. The van der Waals surface area contributed by atoms with Gasteiger partial charge < -0.3 is 15.0 Å². The minimum atomic E-state index is -1.02. The molecule has 0 bridgehead atoms. The van der Waals surface area contributed by atoms with Crippen molar-refractivity contribution in [2.75, 3.05) is 19.7 Å². The van der Waals surface area contributed by atoms with E-state index < -0.39 is 11.6 Å². The summed E-state index contributed by atoms with van der Waals surface area (Å²) >= 11 is 0. The van der Waals surface area contributed by atoms with Gasteiger partial charge in [-0.15, -0.1) is 0 Å². The van der Waals surface area contributed by atoms with E-state index >= 15 is 0 Å². The molecule has 0 saturated carbocycles. The zero-order valence-corrected chi connectivity index (χ0v) is 12.3. The van der Waals surface area contributed by atoms with E-state index in [9.17, 15) is 18.4 Å². The van der Waals surface area contributed by atoms with Crippen LogP contribution in [0.1, 0.15) is 19.8 Å². The maximum absolute atomic E-state index is 13.0. The molecule has 0 unspecified atom stereocenters. The van der Waals surface area contributed by atoms with Gasteiger partial charge in [0, 0.05) is 32.1 Å². The van der Waals surface area contributed by atoms with Crippen molar-refractivity contribution in [2.45, 2.75) is 25.8 Å². The van der Waals surface area contributed by atoms with E-state index in [1.165, 1.54) is 13.0 Å². The fourth-order valence-corrected chi connectivity index (χ4v) is 2.32. The van der Waals surface area contributed by atoms with Crippen LogP contribution in [-0.2, 0) is 9.59 Å². The first kappa shape index (κ1) is 16.2. The van der Waals surface area contributed by atoms with Crippen molar-refractivity contribution in [3.8, 4) is 5.75 Å². The van der Waals surface area contributed by atoms with E-state index in [-0.39, 0.29) is 30.2 Å². The largest absolute Gasteiger partial charge is 0.484 e. The molecule has 1 N–H and O–H groups in total. The lowest BCUT2D eigenvalue weighted by Gasteiger charge is -2.31. The van der Waals surface area contributed by atoms with Crippen LogP contribution in [0.15, 0.2) is 18.2 Å². The quantitative estimate of drug-likeness (QED) is 0.916. The number of likely N-dealkylation sites (tertiary alicyclic amines) is 1. The highest BCUT2D eigenvalue weighted by molar-refractivity contribution is 5.78. The molecular weight excluding hydrogens is 294 g/mol. The molecule has 1 fully saturated rings. The van der Waals surface area contributed by atoms with Crippen LogP contribution in [-0.4, -0.2) is 42.5 Å². The summed E-state index contributed by atoms with van der Waals surface area (Å²) in [6, 6.07) is 3.10. The van der Waals surface area contributed by atoms with Gasteiger partial charge in [-0.1, -0.05) is 0 Å². The molecule has 0 aliphatic carbocycles. The number of hydrogen-bond acceptors (Lipinski definition) is 3. The summed E-state index contributed by atoms with van der Waals surface area (Å²) < 4.78 is 30.9. The third kappa shape index (κ3) is 4.41. The van der Waals surface area contributed by atoms with Crippen LogP contribution in [0.2, 0.25) is 0 Å². The molecule has 120 valence electrons. The monoisotopic (exact) mass is 312 g/mol. The van der Waals surface area contributed by atoms with Crippen LogP contribution in [0, 0.1) is 11.6 Å². The Morgan fingerprint density at radius 3 is 2.55 bits per heavy atom. The fourth-order valence-electron chi connectivity index (χ4n) is 2.32. The molecule has 7 heteroatoms. The minimum Gasteiger partial charge on any atom is -0.484 e. The van der Waals surface area contributed by atoms with E-state index in [0.717, 1.165) is 12.1 Å². The van der Waals surface area contributed by atoms with E-state index in [2.05, 4.69) is 5.32 Å². The first-order valence-electron chi connectivity index (χ1n) is 7.08. The molecule has 0 radical (unpaired) electrons. The summed E-state index contributed by atoms with van der Waals surface area (Å²) in [4.78, 5) is 24.7. The molecule has 0 aromatic heterocycles. The smallest absolute Gasteiger partial charge is 0.258 e. The molecule has 22 heavy (non-hydrogen) atoms. The second kappa shape index (κ2) is 7.20. The van der Waals surface area contributed by atoms with Crippen molar-refractivity contribution in [1.82, 2.24) is 10.2 Å². The van der Waals surface area contributed by atoms with Gasteiger partial charge in [-0.05, 0) is 25.0 Å². The molecule has 2 rings (SSSR count). The second-order valence-electron chi connectivity index (χ2n) is 5.21. The molecule has 1 heterocycles. The standard InChI is InChI=1S/C15H18F2N2O3/c1-10(20)19-6-4-11(5-7-19)18-15(21)9-22-12-2-3-13(16)14(17)8-12/h2-3,8,11H,4-7,9H2,1H3,(H,18,21). The number of nitrogens with one attached hydrogen (secondary N) is 1. The average Bonchev–Trinajstić information content (AvgIpc) is 2.49. The second-order valence-corrected chi connectivity index (χ2v) is 5.21. The van der Waals surface area contributed by atoms with Crippen LogP contribution in [0.5, 0.6) is 5.75 Å². The normalized spacial score (nSPS) is 15.5. The van der Waals surface area contributed by atoms with Gasteiger partial charge in [0.05, 0.1) is 0 Å². The number of halogens is 2. The number of piperidine rings is 1. The lowest BCUT2D eigenvalue weighted by Crippen LogP contribution is -2.47. The Bertz CT molecular complexity index is 558. The van der Waals surface area contributed by atoms with Gasteiger partial charge >= 0.3 is 0 Å². The maximum atomic E-state index is 13.0. The van der Waals surface area contributed by atoms with E-state index in [0.29, 0.717) is 25.9 Å². The Morgan fingerprint density at radius 2 is 1.95 bits per heavy atom. The van der Waals surface area contributed by atoms with Crippen LogP contribution < -0.4 is 10.1 Å². The van der Waals surface area contributed by atoms with E-state index in [1.807, 2.05) is 0 Å². The number of carbonyl (C=O) groups excluding carboxylic acids is 2. The molecule has 1 saturated heterocycles. The van der Waals surface area contributed by atoms with Crippen molar-refractivity contribution in [3.63, 3.8) is 0 Å². The molecule has 1 aromatic carbocycles. The van der Waals surface area contributed by atoms with Gasteiger partial charge in [0.2, 0.25) is 5.91 Å². The number of ether oxygens (including phenoxy) is 1. The summed E-state index contributed by atoms with van der Waals surface area (Å²) in [7, 11) is 0. The van der Waals surface area contributed by atoms with E-state index in [1.54, 1.807) is 4.90 Å². The third-order valence-electron chi connectivity index (χ3n) is 3.57. The summed E-state index contributed by atoms with van der Waals surface area (Å²) in [6.45, 7) is 2.49. The Balaban J connectivity index is 1.74. The summed E-state index contributed by atoms with van der Waals surface area (Å²) in [5.74, 6) is -2.18. The molecule has 0 atom stereocenters. The van der Waals surface area contributed by atoms with Crippen LogP contribution >= 0.6 is 0 Å². The maximum Gasteiger partial charge on any atom is 0.258 e. The third-order valence-corrected chi connectivity index (χ3v) is 3.57. The average molecular weight is 312 g/mol. The number of carbonyl (C=O) groups is 2. The summed E-state index contributed by atoms with van der Waals surface area (Å²) in [6.07, 6.45) is 1.38. The van der Waals surface area contributed by atoms with Gasteiger partial charge in [-0.2, -0.15) is 0 Å². The first-order valence-corrected chi connectivity index (χ1v) is 7.08. The van der Waals surface area contributed by atoms with Crippen molar-refractivity contribution < 1.29 is 23.1 Å². The van der Waals surface area contributed by atoms with Crippen molar-refractivity contribution in [1.29, 1.82) is 0 Å². The molecule has 1 aliphatic rings. The Labute approximate surface area is 127 Å². The highest BCUT2D eigenvalue weighted by Crippen LogP contribution is 2.15. The van der Waals surface area contributed by atoms with Crippen LogP contribution in [0.4, 0.5) is 8.78 Å². The van der Waals surface area contributed by atoms with Gasteiger partial charge in [0.25, 0.3) is 5.91 Å². The summed E-state index contributed by atoms with van der Waals surface area (Å²) in [5, 5.41) is 2.80. The van der Waals surface area contributed by atoms with Crippen LogP contribution in [0.25, 0.3) is 0 Å². The van der Waals surface area contributed by atoms with Crippen molar-refractivity contribution >= 4 is 11.8 Å². The number of hydrogen-bond donors (Lipinski definition) is 1. The zero-order valence-electron chi connectivity index (χ0n) is 12.3. The van der Waals surface area contributed by atoms with E-state index in [4.69, 9.17) is 4.74 Å². The summed E-state index contributed by atoms with van der Waals surface area (Å²) in [5.41, 5.74) is 0. The lowest BCUT2D eigenvalue weighted by atomic mass is 10.1. The number of amides is 2. The first-order chi connectivity index (χ1) is 10.5. The van der Waals surface area contributed by atoms with Gasteiger partial charge in [-0.3, -0.25) is 9.59 Å². The predicted molar refractivity (Wildman–Crippen MR) is 75.3 cm³/mol. The lowest BCUT2D eigenvalue weighted by molar-refractivity contribution is -0.130. The number of benzene rings is 1. The fraction of sp³-hybridized carbons (Fsp3) is 0.467. The number of rotatable bonds is 4.